The first kappa shape index (κ1) is 20.1. The number of methoxy groups -OCH3 is 1. The molecular formula is C23H28N2O3. The molecule has 0 bridgehead atoms. The lowest BCUT2D eigenvalue weighted by atomic mass is 9.86. The van der Waals surface area contributed by atoms with Gasteiger partial charge in [-0.15, -0.1) is 0 Å². The van der Waals surface area contributed by atoms with Gasteiger partial charge in [0.2, 0.25) is 5.91 Å². The van der Waals surface area contributed by atoms with Crippen molar-refractivity contribution in [3.63, 3.8) is 0 Å². The zero-order valence-electron chi connectivity index (χ0n) is 16.6. The lowest BCUT2D eigenvalue weighted by Crippen LogP contribution is -2.60. The van der Waals surface area contributed by atoms with Gasteiger partial charge in [-0.25, -0.2) is 0 Å². The van der Waals surface area contributed by atoms with Crippen molar-refractivity contribution in [2.75, 3.05) is 13.7 Å². The number of ether oxygens (including phenoxy) is 1. The van der Waals surface area contributed by atoms with Gasteiger partial charge >= 0.3 is 0 Å². The topological polar surface area (TPSA) is 58.6 Å². The Hall–Kier alpha value is -2.66. The van der Waals surface area contributed by atoms with Crippen LogP contribution < -0.4 is 5.32 Å². The van der Waals surface area contributed by atoms with Crippen LogP contribution in [0.3, 0.4) is 0 Å². The summed E-state index contributed by atoms with van der Waals surface area (Å²) in [4.78, 5) is 28.0. The van der Waals surface area contributed by atoms with Crippen LogP contribution in [0.2, 0.25) is 0 Å². The molecule has 0 saturated carbocycles. The molecule has 148 valence electrons. The van der Waals surface area contributed by atoms with Crippen LogP contribution in [-0.2, 0) is 22.7 Å². The van der Waals surface area contributed by atoms with Crippen LogP contribution in [0.15, 0.2) is 54.6 Å². The summed E-state index contributed by atoms with van der Waals surface area (Å²) in [5.41, 5.74) is 1.85. The molecule has 0 spiro atoms. The first-order chi connectivity index (χ1) is 13.6. The van der Waals surface area contributed by atoms with Crippen molar-refractivity contribution < 1.29 is 14.3 Å². The van der Waals surface area contributed by atoms with Gasteiger partial charge < -0.3 is 15.0 Å². The highest BCUT2D eigenvalue weighted by Crippen LogP contribution is 2.30. The van der Waals surface area contributed by atoms with Gasteiger partial charge in [-0.3, -0.25) is 9.59 Å². The number of benzene rings is 2. The Morgan fingerprint density at radius 1 is 1.04 bits per heavy atom. The molecule has 3 rings (SSSR count). The lowest BCUT2D eigenvalue weighted by molar-refractivity contribution is -0.133. The molecule has 1 N–H and O–H groups in total. The first-order valence-electron chi connectivity index (χ1n) is 9.77. The average molecular weight is 380 g/mol. The number of hydrogen-bond donors (Lipinski definition) is 1. The van der Waals surface area contributed by atoms with Gasteiger partial charge in [0, 0.05) is 25.8 Å². The van der Waals surface area contributed by atoms with Crippen molar-refractivity contribution in [3.05, 3.63) is 71.3 Å². The smallest absolute Gasteiger partial charge is 0.254 e. The molecule has 2 aromatic carbocycles. The fourth-order valence-electron chi connectivity index (χ4n) is 3.81. The van der Waals surface area contributed by atoms with Crippen LogP contribution in [0.1, 0.15) is 47.7 Å². The second kappa shape index (κ2) is 9.02. The van der Waals surface area contributed by atoms with Crippen LogP contribution in [-0.4, -0.2) is 35.9 Å². The molecule has 5 heteroatoms. The zero-order valence-corrected chi connectivity index (χ0v) is 16.6. The zero-order chi connectivity index (χ0) is 20.0. The van der Waals surface area contributed by atoms with Gasteiger partial charge in [-0.05, 0) is 49.4 Å². The van der Waals surface area contributed by atoms with E-state index in [2.05, 4.69) is 5.32 Å². The van der Waals surface area contributed by atoms with Crippen LogP contribution in [0.25, 0.3) is 0 Å². The highest BCUT2D eigenvalue weighted by molar-refractivity contribution is 5.99. The van der Waals surface area contributed by atoms with E-state index in [1.54, 1.807) is 24.1 Å². The number of piperidine rings is 1. The average Bonchev–Trinajstić information content (AvgIpc) is 2.73. The van der Waals surface area contributed by atoms with Crippen molar-refractivity contribution in [1.29, 1.82) is 0 Å². The van der Waals surface area contributed by atoms with Gasteiger partial charge in [0.25, 0.3) is 5.91 Å². The Bertz CT molecular complexity index is 822. The summed E-state index contributed by atoms with van der Waals surface area (Å²) < 4.78 is 5.24. The third-order valence-electron chi connectivity index (χ3n) is 5.50. The maximum atomic E-state index is 13.2. The third-order valence-corrected chi connectivity index (χ3v) is 5.50. The van der Waals surface area contributed by atoms with E-state index in [9.17, 15) is 9.59 Å². The molecule has 2 amide bonds. The fraction of sp³-hybridized carbons (Fsp3) is 0.391. The molecule has 28 heavy (non-hydrogen) atoms. The summed E-state index contributed by atoms with van der Waals surface area (Å²) in [6, 6.07) is 17.1. The van der Waals surface area contributed by atoms with Crippen molar-refractivity contribution in [3.8, 4) is 0 Å². The van der Waals surface area contributed by atoms with E-state index >= 15 is 0 Å². The summed E-state index contributed by atoms with van der Waals surface area (Å²) in [6.45, 7) is 3.39. The van der Waals surface area contributed by atoms with Gasteiger partial charge in [0.05, 0.1) is 6.61 Å². The third kappa shape index (κ3) is 4.25. The molecular weight excluding hydrogens is 352 g/mol. The Kier molecular flexibility index (Phi) is 6.47. The van der Waals surface area contributed by atoms with Crippen molar-refractivity contribution >= 4 is 11.8 Å². The predicted molar refractivity (Wildman–Crippen MR) is 109 cm³/mol. The summed E-state index contributed by atoms with van der Waals surface area (Å²) in [7, 11) is 1.66. The quantitative estimate of drug-likeness (QED) is 0.834. The molecule has 1 fully saturated rings. The van der Waals surface area contributed by atoms with E-state index in [1.165, 1.54) is 0 Å². The summed E-state index contributed by atoms with van der Waals surface area (Å²) >= 11 is 0. The maximum Gasteiger partial charge on any atom is 0.254 e. The Labute approximate surface area is 166 Å². The molecule has 2 aromatic rings. The van der Waals surface area contributed by atoms with Crippen molar-refractivity contribution in [2.24, 2.45) is 0 Å². The molecule has 5 nitrogen and oxygen atoms in total. The van der Waals surface area contributed by atoms with E-state index in [-0.39, 0.29) is 11.8 Å². The normalized spacial score (nSPS) is 19.3. The SMILES string of the molecule is COCc1ccccc1CNC(=O)[C@]1(C)CCCCN1C(=O)c1ccccc1. The van der Waals surface area contributed by atoms with Gasteiger partial charge in [0.15, 0.2) is 0 Å². The van der Waals surface area contributed by atoms with E-state index < -0.39 is 5.54 Å². The molecule has 0 unspecified atom stereocenters. The van der Waals surface area contributed by atoms with Crippen LogP contribution >= 0.6 is 0 Å². The minimum atomic E-state index is -0.846. The van der Waals surface area contributed by atoms with E-state index in [0.717, 1.165) is 24.0 Å². The van der Waals surface area contributed by atoms with Crippen LogP contribution in [0.5, 0.6) is 0 Å². The molecule has 0 aliphatic carbocycles. The number of carbonyl (C=O) groups is 2. The number of likely N-dealkylation sites (tertiary alicyclic amines) is 1. The van der Waals surface area contributed by atoms with Gasteiger partial charge in [0.1, 0.15) is 5.54 Å². The molecule has 0 aromatic heterocycles. The van der Waals surface area contributed by atoms with E-state index in [1.807, 2.05) is 49.4 Å². The largest absolute Gasteiger partial charge is 0.380 e. The highest BCUT2D eigenvalue weighted by Gasteiger charge is 2.43. The first-order valence-corrected chi connectivity index (χ1v) is 9.77. The summed E-state index contributed by atoms with van der Waals surface area (Å²) in [6.07, 6.45) is 2.51. The number of amides is 2. The predicted octanol–water partition coefficient (Wildman–Crippen LogP) is 3.53. The van der Waals surface area contributed by atoms with Crippen molar-refractivity contribution in [2.45, 2.75) is 44.9 Å². The number of carbonyl (C=O) groups excluding carboxylic acids is 2. The number of nitrogens with one attached hydrogen (secondary N) is 1. The second-order valence-corrected chi connectivity index (χ2v) is 7.44. The molecule has 0 radical (unpaired) electrons. The van der Waals surface area contributed by atoms with E-state index in [4.69, 9.17) is 4.74 Å². The van der Waals surface area contributed by atoms with Crippen LogP contribution in [0, 0.1) is 0 Å². The number of nitrogens with zero attached hydrogens (tertiary/aromatic N) is 1. The maximum absolute atomic E-state index is 13.2. The molecule has 1 aliphatic heterocycles. The summed E-state index contributed by atoms with van der Waals surface area (Å²) in [5, 5.41) is 3.06. The number of rotatable bonds is 6. The fourth-order valence-corrected chi connectivity index (χ4v) is 3.81. The molecule has 1 heterocycles. The molecule has 1 saturated heterocycles. The Morgan fingerprint density at radius 3 is 2.43 bits per heavy atom. The standard InChI is InChI=1S/C23H28N2O3/c1-23(22(27)24-16-19-12-6-7-13-20(19)17-28-2)14-8-9-15-25(23)21(26)18-10-4-3-5-11-18/h3-7,10-13H,8-9,14-17H2,1-2H3,(H,24,27)/t23-/m0/s1. The Balaban J connectivity index is 1.75. The minimum Gasteiger partial charge on any atom is -0.380 e. The Morgan fingerprint density at radius 2 is 1.71 bits per heavy atom. The summed E-state index contributed by atoms with van der Waals surface area (Å²) in [5.74, 6) is -0.193. The molecule has 1 aliphatic rings. The van der Waals surface area contributed by atoms with E-state index in [0.29, 0.717) is 31.7 Å². The monoisotopic (exact) mass is 380 g/mol. The molecule has 1 atom stereocenters. The van der Waals surface area contributed by atoms with Gasteiger partial charge in [-0.2, -0.15) is 0 Å². The lowest BCUT2D eigenvalue weighted by Gasteiger charge is -2.43. The number of hydrogen-bond acceptors (Lipinski definition) is 3. The van der Waals surface area contributed by atoms with Crippen LogP contribution in [0.4, 0.5) is 0 Å². The highest BCUT2D eigenvalue weighted by atomic mass is 16.5. The van der Waals surface area contributed by atoms with Crippen molar-refractivity contribution in [1.82, 2.24) is 10.2 Å². The minimum absolute atomic E-state index is 0.0854. The second-order valence-electron chi connectivity index (χ2n) is 7.44. The van der Waals surface area contributed by atoms with Gasteiger partial charge in [-0.1, -0.05) is 42.5 Å².